The number of carbonyl (C=O) groups excluding carboxylic acids is 1. The molecule has 2 rings (SSSR count). The smallest absolute Gasteiger partial charge is 0.321 e. The van der Waals surface area contributed by atoms with Crippen LogP contribution in [-0.2, 0) is 10.2 Å². The molecule has 0 spiro atoms. The van der Waals surface area contributed by atoms with E-state index in [0.717, 1.165) is 0 Å². The normalized spacial score (nSPS) is 16.4. The number of nitrogens with zero attached hydrogens (tertiary/aromatic N) is 3. The molecular weight excluding hydrogens is 352 g/mol. The molecule has 9 heteroatoms. The Morgan fingerprint density at radius 2 is 1.67 bits per heavy atom. The van der Waals surface area contributed by atoms with E-state index in [2.05, 4.69) is 5.32 Å². The van der Waals surface area contributed by atoms with Crippen molar-refractivity contribution in [2.45, 2.75) is 13.8 Å². The number of halogens is 1. The largest absolute Gasteiger partial charge is 0.322 e. The maximum Gasteiger partial charge on any atom is 0.321 e. The van der Waals surface area contributed by atoms with E-state index >= 15 is 0 Å². The van der Waals surface area contributed by atoms with Gasteiger partial charge in [-0.25, -0.2) is 4.79 Å². The summed E-state index contributed by atoms with van der Waals surface area (Å²) in [4.78, 5) is 13.9. The molecule has 134 valence electrons. The Kier molecular flexibility index (Phi) is 6.45. The maximum absolute atomic E-state index is 12.5. The molecular formula is C15H23ClN4O3S. The summed E-state index contributed by atoms with van der Waals surface area (Å²) in [5.74, 6) is 0. The number of hydrogen-bond donors (Lipinski definition) is 1. The Bertz CT molecular complexity index is 654. The molecule has 1 aliphatic heterocycles. The van der Waals surface area contributed by atoms with Crippen molar-refractivity contribution in [3.8, 4) is 0 Å². The van der Waals surface area contributed by atoms with Gasteiger partial charge in [0.05, 0.1) is 0 Å². The molecule has 1 aromatic carbocycles. The zero-order chi connectivity index (χ0) is 17.7. The van der Waals surface area contributed by atoms with Crippen LogP contribution in [0.5, 0.6) is 0 Å². The molecule has 0 saturated carbocycles. The molecule has 0 radical (unpaired) electrons. The number of nitrogens with one attached hydrogen (secondary N) is 1. The van der Waals surface area contributed by atoms with Gasteiger partial charge < -0.3 is 10.2 Å². The van der Waals surface area contributed by atoms with Crippen molar-refractivity contribution in [2.24, 2.45) is 0 Å². The first-order valence-corrected chi connectivity index (χ1v) is 9.72. The predicted octanol–water partition coefficient (Wildman–Crippen LogP) is 2.08. The minimum absolute atomic E-state index is 0.239. The van der Waals surface area contributed by atoms with Crippen molar-refractivity contribution in [1.82, 2.24) is 13.5 Å². The van der Waals surface area contributed by atoms with Gasteiger partial charge in [0, 0.05) is 50.0 Å². The average Bonchev–Trinajstić information content (AvgIpc) is 2.58. The number of carbonyl (C=O) groups is 1. The van der Waals surface area contributed by atoms with Gasteiger partial charge in [0.2, 0.25) is 0 Å². The highest BCUT2D eigenvalue weighted by atomic mass is 35.5. The Balaban J connectivity index is 1.92. The van der Waals surface area contributed by atoms with Gasteiger partial charge in [-0.2, -0.15) is 17.0 Å². The van der Waals surface area contributed by atoms with Crippen molar-refractivity contribution >= 4 is 33.5 Å². The Morgan fingerprint density at radius 3 is 2.17 bits per heavy atom. The molecule has 1 heterocycles. The molecule has 2 amide bonds. The van der Waals surface area contributed by atoms with E-state index in [9.17, 15) is 13.2 Å². The Hall–Kier alpha value is -1.35. The highest BCUT2D eigenvalue weighted by molar-refractivity contribution is 7.86. The monoisotopic (exact) mass is 374 g/mol. The van der Waals surface area contributed by atoms with Crippen LogP contribution in [0.25, 0.3) is 0 Å². The van der Waals surface area contributed by atoms with E-state index in [-0.39, 0.29) is 6.03 Å². The van der Waals surface area contributed by atoms with E-state index in [1.165, 1.54) is 8.61 Å². The number of amides is 2. The lowest BCUT2D eigenvalue weighted by atomic mass is 10.3. The third kappa shape index (κ3) is 4.38. The SMILES string of the molecule is CCN(CC)S(=O)(=O)N1CCN(C(=O)Nc2ccc(Cl)cc2)CC1. The summed E-state index contributed by atoms with van der Waals surface area (Å²) in [5.41, 5.74) is 0.655. The molecule has 0 aliphatic carbocycles. The minimum Gasteiger partial charge on any atom is -0.322 e. The van der Waals surface area contributed by atoms with Gasteiger partial charge >= 0.3 is 6.03 Å². The maximum atomic E-state index is 12.5. The molecule has 0 atom stereocenters. The fourth-order valence-electron chi connectivity index (χ4n) is 2.57. The summed E-state index contributed by atoms with van der Waals surface area (Å²) < 4.78 is 27.8. The first kappa shape index (κ1) is 19.0. The summed E-state index contributed by atoms with van der Waals surface area (Å²) in [7, 11) is -3.44. The molecule has 1 aliphatic rings. The second-order valence-electron chi connectivity index (χ2n) is 5.42. The van der Waals surface area contributed by atoms with Crippen LogP contribution >= 0.6 is 11.6 Å². The Labute approximate surface area is 148 Å². The van der Waals surface area contributed by atoms with E-state index in [0.29, 0.717) is 50.0 Å². The Morgan fingerprint density at radius 1 is 1.12 bits per heavy atom. The molecule has 24 heavy (non-hydrogen) atoms. The number of anilines is 1. The van der Waals surface area contributed by atoms with Gasteiger partial charge in [-0.05, 0) is 24.3 Å². The number of benzene rings is 1. The molecule has 0 aromatic heterocycles. The second-order valence-corrected chi connectivity index (χ2v) is 7.78. The molecule has 1 saturated heterocycles. The molecule has 7 nitrogen and oxygen atoms in total. The van der Waals surface area contributed by atoms with Crippen LogP contribution in [0.2, 0.25) is 5.02 Å². The predicted molar refractivity (Wildman–Crippen MR) is 95.5 cm³/mol. The zero-order valence-electron chi connectivity index (χ0n) is 13.9. The van der Waals surface area contributed by atoms with Crippen molar-refractivity contribution in [3.05, 3.63) is 29.3 Å². The van der Waals surface area contributed by atoms with E-state index in [1.807, 2.05) is 13.8 Å². The van der Waals surface area contributed by atoms with Crippen molar-refractivity contribution in [2.75, 3.05) is 44.6 Å². The van der Waals surface area contributed by atoms with Crippen LogP contribution in [0, 0.1) is 0 Å². The first-order valence-electron chi connectivity index (χ1n) is 7.95. The standard InChI is InChI=1S/C15H23ClN4O3S/c1-3-19(4-2)24(22,23)20-11-9-18(10-12-20)15(21)17-14-7-5-13(16)6-8-14/h5-8H,3-4,9-12H2,1-2H3,(H,17,21). The lowest BCUT2D eigenvalue weighted by Crippen LogP contribution is -2.54. The lowest BCUT2D eigenvalue weighted by molar-refractivity contribution is 0.181. The van der Waals surface area contributed by atoms with E-state index < -0.39 is 10.2 Å². The number of urea groups is 1. The summed E-state index contributed by atoms with van der Waals surface area (Å²) in [5, 5.41) is 3.39. The first-order chi connectivity index (χ1) is 11.4. The third-order valence-electron chi connectivity index (χ3n) is 3.98. The van der Waals surface area contributed by atoms with Gasteiger partial charge in [-0.1, -0.05) is 25.4 Å². The second kappa shape index (κ2) is 8.15. The van der Waals surface area contributed by atoms with Crippen LogP contribution in [-0.4, -0.2) is 67.2 Å². The minimum atomic E-state index is -3.44. The van der Waals surface area contributed by atoms with E-state index in [1.54, 1.807) is 29.2 Å². The van der Waals surface area contributed by atoms with Crippen LogP contribution in [0.3, 0.4) is 0 Å². The highest BCUT2D eigenvalue weighted by Crippen LogP contribution is 2.16. The summed E-state index contributed by atoms with van der Waals surface area (Å²) in [6.45, 7) is 5.83. The number of rotatable bonds is 5. The fourth-order valence-corrected chi connectivity index (χ4v) is 4.30. The van der Waals surface area contributed by atoms with Crippen LogP contribution < -0.4 is 5.32 Å². The third-order valence-corrected chi connectivity index (χ3v) is 6.42. The van der Waals surface area contributed by atoms with Crippen molar-refractivity contribution in [3.63, 3.8) is 0 Å². The lowest BCUT2D eigenvalue weighted by Gasteiger charge is -2.36. The van der Waals surface area contributed by atoms with Gasteiger partial charge in [0.15, 0.2) is 0 Å². The van der Waals surface area contributed by atoms with Gasteiger partial charge in [0.25, 0.3) is 10.2 Å². The van der Waals surface area contributed by atoms with Crippen LogP contribution in [0.15, 0.2) is 24.3 Å². The summed E-state index contributed by atoms with van der Waals surface area (Å²) >= 11 is 5.82. The van der Waals surface area contributed by atoms with Gasteiger partial charge in [-0.3, -0.25) is 0 Å². The molecule has 1 fully saturated rings. The van der Waals surface area contributed by atoms with Crippen molar-refractivity contribution in [1.29, 1.82) is 0 Å². The number of piperazine rings is 1. The van der Waals surface area contributed by atoms with Crippen molar-refractivity contribution < 1.29 is 13.2 Å². The van der Waals surface area contributed by atoms with Gasteiger partial charge in [0.1, 0.15) is 0 Å². The fraction of sp³-hybridized carbons (Fsp3) is 0.533. The van der Waals surface area contributed by atoms with Crippen LogP contribution in [0.4, 0.5) is 10.5 Å². The summed E-state index contributed by atoms with van der Waals surface area (Å²) in [6.07, 6.45) is 0. The molecule has 1 aromatic rings. The van der Waals surface area contributed by atoms with E-state index in [4.69, 9.17) is 11.6 Å². The van der Waals surface area contributed by atoms with Gasteiger partial charge in [-0.15, -0.1) is 0 Å². The molecule has 0 unspecified atom stereocenters. The topological polar surface area (TPSA) is 73.0 Å². The number of hydrogen-bond acceptors (Lipinski definition) is 3. The quantitative estimate of drug-likeness (QED) is 0.857. The molecule has 0 bridgehead atoms. The van der Waals surface area contributed by atoms with Crippen LogP contribution in [0.1, 0.15) is 13.8 Å². The molecule has 1 N–H and O–H groups in total. The summed E-state index contributed by atoms with van der Waals surface area (Å²) in [6, 6.07) is 6.61. The highest BCUT2D eigenvalue weighted by Gasteiger charge is 2.32. The zero-order valence-corrected chi connectivity index (χ0v) is 15.5. The average molecular weight is 375 g/mol.